The molecule has 10 aromatic rings. The van der Waals surface area contributed by atoms with Crippen molar-refractivity contribution in [3.05, 3.63) is 229 Å². The molecule has 0 unspecified atom stereocenters. The number of para-hydroxylation sites is 4. The number of benzene rings is 8. The Labute approximate surface area is 360 Å². The number of fused-ring (bicyclic) bond motifs is 6. The number of hydrogen-bond acceptors (Lipinski definition) is 2. The number of allylic oxidation sites excluding steroid dienone is 1. The summed E-state index contributed by atoms with van der Waals surface area (Å²) in [4.78, 5) is 0. The number of aromatic nitrogens is 2. The van der Waals surface area contributed by atoms with Crippen LogP contribution in [0, 0.1) is 28.9 Å². The van der Waals surface area contributed by atoms with E-state index < -0.39 is 0 Å². The molecule has 10 rings (SSSR count). The molecule has 0 amide bonds. The van der Waals surface area contributed by atoms with Crippen molar-refractivity contribution in [3.8, 4) is 28.6 Å². The summed E-state index contributed by atoms with van der Waals surface area (Å²) in [6, 6.07) is 71.8. The first-order valence-corrected chi connectivity index (χ1v) is 18.9. The molecule has 0 fully saturated rings. The van der Waals surface area contributed by atoms with Gasteiger partial charge in [0.2, 0.25) is 0 Å². The molecular weight excluding hydrogens is 716 g/mol. The van der Waals surface area contributed by atoms with Crippen LogP contribution in [0.5, 0.6) is 0 Å². The van der Waals surface area contributed by atoms with Crippen LogP contribution in [0.3, 0.4) is 0 Å². The molecule has 8 aromatic carbocycles. The van der Waals surface area contributed by atoms with E-state index in [4.69, 9.17) is 5.41 Å². The maximum Gasteiger partial charge on any atom is 1.00 e. The van der Waals surface area contributed by atoms with Crippen LogP contribution in [-0.4, -0.2) is 14.8 Å². The van der Waals surface area contributed by atoms with E-state index in [0.717, 1.165) is 72.0 Å². The molecule has 0 atom stereocenters. The summed E-state index contributed by atoms with van der Waals surface area (Å²) in [6.45, 7) is 1.92. The largest absolute Gasteiger partial charge is 1.00 e. The second-order valence-electron chi connectivity index (χ2n) is 13.8. The Morgan fingerprint density at radius 1 is 0.552 bits per heavy atom. The van der Waals surface area contributed by atoms with Crippen molar-refractivity contribution in [2.75, 3.05) is 0 Å². The van der Waals surface area contributed by atoms with Gasteiger partial charge in [-0.15, -0.1) is 41.5 Å². The van der Waals surface area contributed by atoms with Crippen LogP contribution in [0.15, 0.2) is 200 Å². The first-order valence-electron chi connectivity index (χ1n) is 18.9. The molecule has 270 valence electrons. The van der Waals surface area contributed by atoms with Gasteiger partial charge in [0.05, 0.1) is 22.1 Å². The number of nitrogens with one attached hydrogen (secondary N) is 1. The van der Waals surface area contributed by atoms with Gasteiger partial charge < -0.3 is 14.5 Å². The van der Waals surface area contributed by atoms with Crippen molar-refractivity contribution in [1.29, 1.82) is 10.7 Å². The molecule has 0 saturated carbocycles. The second kappa shape index (κ2) is 16.8. The zero-order valence-electron chi connectivity index (χ0n) is 32.3. The van der Waals surface area contributed by atoms with Crippen molar-refractivity contribution >= 4 is 49.3 Å². The van der Waals surface area contributed by atoms with E-state index in [1.165, 1.54) is 10.8 Å². The molecule has 0 spiro atoms. The second-order valence-corrected chi connectivity index (χ2v) is 13.8. The summed E-state index contributed by atoms with van der Waals surface area (Å²) in [6.07, 6.45) is 3.23. The Morgan fingerprint density at radius 3 is 1.45 bits per heavy atom. The van der Waals surface area contributed by atoms with Crippen LogP contribution in [0.2, 0.25) is 0 Å². The maximum absolute atomic E-state index is 10.5. The average Bonchev–Trinajstić information content (AvgIpc) is 3.79. The summed E-state index contributed by atoms with van der Waals surface area (Å²) < 4.78 is 4.56. The fourth-order valence-corrected chi connectivity index (χ4v) is 7.85. The number of nitrogens with zero attached hydrogens (tertiary/aromatic N) is 3. The topological polar surface area (TPSA) is 57.5 Å². The zero-order chi connectivity index (χ0) is 38.7. The van der Waals surface area contributed by atoms with Crippen LogP contribution in [0.1, 0.15) is 23.6 Å². The van der Waals surface area contributed by atoms with Crippen molar-refractivity contribution < 1.29 is 29.6 Å². The Morgan fingerprint density at radius 2 is 0.966 bits per heavy atom. The van der Waals surface area contributed by atoms with Gasteiger partial charge in [-0.1, -0.05) is 163 Å². The Hall–Kier alpha value is -6.74. The van der Waals surface area contributed by atoms with Crippen LogP contribution in [0.25, 0.3) is 66.1 Å². The van der Waals surface area contributed by atoms with Gasteiger partial charge in [-0.2, -0.15) is 12.1 Å². The minimum absolute atomic E-state index is 0. The minimum atomic E-state index is 0. The molecule has 0 bridgehead atoms. The smallest absolute Gasteiger partial charge is 0.348 e. The van der Waals surface area contributed by atoms with Crippen LogP contribution < -0.4 is 29.6 Å². The molecular formula is C53H36N4Na-. The normalized spacial score (nSPS) is 11.2. The van der Waals surface area contributed by atoms with E-state index in [1.807, 2.05) is 79.7 Å². The molecule has 0 aliphatic heterocycles. The summed E-state index contributed by atoms with van der Waals surface area (Å²) in [5.74, 6) is 0. The van der Waals surface area contributed by atoms with Crippen LogP contribution in [-0.2, 0) is 0 Å². The van der Waals surface area contributed by atoms with E-state index in [2.05, 4.69) is 149 Å². The summed E-state index contributed by atoms with van der Waals surface area (Å²) in [5, 5.41) is 23.3. The standard InChI is InChI=1S/C37H22N3.C16H14N.Na/c38-24-26-22-23-35(39-31-18-8-4-14-27(31)28-15-5-9-19-32(28)39)36(25-12-2-1-3-13-25)37(26)40-33-20-10-6-16-29(33)30-17-7-11-21-34(30)40;1-13(12-14-8-4-2-5-9-14)16(17)15-10-6-3-7-11-15;/h1-22H;2-11,17H,1H3;/q2*-1;+1. The fraction of sp³-hybridized carbons (Fsp3) is 0.0189. The SMILES string of the molecule is CC(=[C-]c1ccccc1)C(=N)c1ccccc1.N#Cc1c[c-]c(-n2c3ccccc3c3ccccc32)c(-c2ccccc2)c1-n1c2ccccc2c2ccccc21.[Na+]. The molecule has 0 aliphatic rings. The molecule has 0 saturated heterocycles. The average molecular weight is 752 g/mol. The van der Waals surface area contributed by atoms with Crippen molar-refractivity contribution in [3.63, 3.8) is 0 Å². The van der Waals surface area contributed by atoms with Crippen molar-refractivity contribution in [2.24, 2.45) is 0 Å². The predicted molar refractivity (Wildman–Crippen MR) is 235 cm³/mol. The van der Waals surface area contributed by atoms with Crippen molar-refractivity contribution in [2.45, 2.75) is 6.92 Å². The molecule has 4 nitrogen and oxygen atoms in total. The van der Waals surface area contributed by atoms with Crippen LogP contribution in [0.4, 0.5) is 0 Å². The third kappa shape index (κ3) is 6.97. The van der Waals surface area contributed by atoms with Gasteiger partial charge in [0.25, 0.3) is 0 Å². The number of rotatable bonds is 6. The van der Waals surface area contributed by atoms with Gasteiger partial charge >= 0.3 is 29.6 Å². The summed E-state index contributed by atoms with van der Waals surface area (Å²) in [7, 11) is 0. The van der Waals surface area contributed by atoms with Gasteiger partial charge in [-0.05, 0) is 46.8 Å². The molecule has 0 radical (unpaired) electrons. The Bertz CT molecular complexity index is 3040. The monoisotopic (exact) mass is 751 g/mol. The van der Waals surface area contributed by atoms with Crippen molar-refractivity contribution in [1.82, 2.24) is 9.13 Å². The summed E-state index contributed by atoms with van der Waals surface area (Å²) in [5.41, 5.74) is 12.0. The molecule has 1 N–H and O–H groups in total. The molecule has 58 heavy (non-hydrogen) atoms. The third-order valence-electron chi connectivity index (χ3n) is 10.4. The molecule has 2 heterocycles. The van der Waals surface area contributed by atoms with Crippen LogP contribution >= 0.6 is 0 Å². The number of hydrogen-bond donors (Lipinski definition) is 1. The maximum atomic E-state index is 10.5. The Kier molecular flexibility index (Phi) is 11.0. The predicted octanol–water partition coefficient (Wildman–Crippen LogP) is 10.1. The minimum Gasteiger partial charge on any atom is -0.348 e. The van der Waals surface area contributed by atoms with Gasteiger partial charge in [0, 0.05) is 27.6 Å². The zero-order valence-corrected chi connectivity index (χ0v) is 34.3. The van der Waals surface area contributed by atoms with Gasteiger partial charge in [0.1, 0.15) is 0 Å². The molecule has 2 aromatic heterocycles. The molecule has 5 heteroatoms. The van der Waals surface area contributed by atoms with Gasteiger partial charge in [0.15, 0.2) is 0 Å². The first kappa shape index (κ1) is 38.1. The quantitative estimate of drug-likeness (QED) is 0.103. The van der Waals surface area contributed by atoms with E-state index in [0.29, 0.717) is 11.3 Å². The summed E-state index contributed by atoms with van der Waals surface area (Å²) >= 11 is 0. The first-order chi connectivity index (χ1) is 28.1. The fourth-order valence-electron chi connectivity index (χ4n) is 7.85. The number of nitriles is 1. The van der Waals surface area contributed by atoms with Gasteiger partial charge in [-0.3, -0.25) is 0 Å². The van der Waals surface area contributed by atoms with E-state index >= 15 is 0 Å². The van der Waals surface area contributed by atoms with E-state index in [9.17, 15) is 5.26 Å². The third-order valence-corrected chi connectivity index (χ3v) is 10.4. The van der Waals surface area contributed by atoms with E-state index in [1.54, 1.807) is 0 Å². The van der Waals surface area contributed by atoms with Gasteiger partial charge in [-0.25, -0.2) is 5.26 Å². The Balaban J connectivity index is 0.000000220. The molecule has 0 aliphatic carbocycles. The van der Waals surface area contributed by atoms with E-state index in [-0.39, 0.29) is 29.6 Å².